The van der Waals surface area contributed by atoms with E-state index in [1.54, 1.807) is 11.3 Å². The van der Waals surface area contributed by atoms with Gasteiger partial charge in [-0.1, -0.05) is 45.0 Å². The van der Waals surface area contributed by atoms with Crippen LogP contribution in [0, 0.1) is 6.92 Å². The smallest absolute Gasteiger partial charge is 0.105 e. The number of thiophene rings is 1. The van der Waals surface area contributed by atoms with Crippen molar-refractivity contribution in [1.29, 1.82) is 0 Å². The number of hydrogen-bond acceptors (Lipinski definition) is 2. The number of aryl methyl sites for hydroxylation is 1. The molecule has 0 fully saturated rings. The van der Waals surface area contributed by atoms with Gasteiger partial charge in [0, 0.05) is 4.88 Å². The van der Waals surface area contributed by atoms with Gasteiger partial charge in [-0.25, -0.2) is 0 Å². The van der Waals surface area contributed by atoms with E-state index in [-0.39, 0.29) is 5.41 Å². The quantitative estimate of drug-likeness (QED) is 0.846. The average Bonchev–Trinajstić information content (AvgIpc) is 2.73. The summed E-state index contributed by atoms with van der Waals surface area (Å²) in [7, 11) is 0. The highest BCUT2D eigenvalue weighted by Gasteiger charge is 2.16. The zero-order valence-corrected chi connectivity index (χ0v) is 12.2. The molecule has 0 aliphatic heterocycles. The Balaban J connectivity index is 2.28. The minimum absolute atomic E-state index is 0.155. The molecule has 0 aliphatic rings. The molecule has 1 unspecified atom stereocenters. The summed E-state index contributed by atoms with van der Waals surface area (Å²) in [6.07, 6.45) is -0.509. The lowest BCUT2D eigenvalue weighted by molar-refractivity contribution is 0.220. The maximum atomic E-state index is 10.4. The molecular formula is C16H20OS. The lowest BCUT2D eigenvalue weighted by atomic mass is 9.86. The molecule has 0 spiro atoms. The van der Waals surface area contributed by atoms with Crippen molar-refractivity contribution in [2.24, 2.45) is 0 Å². The van der Waals surface area contributed by atoms with Crippen molar-refractivity contribution in [3.05, 3.63) is 57.3 Å². The van der Waals surface area contributed by atoms with Gasteiger partial charge < -0.3 is 5.11 Å². The predicted octanol–water partition coefficient (Wildman–Crippen LogP) is 4.44. The Kier molecular flexibility index (Phi) is 3.60. The van der Waals surface area contributed by atoms with Crippen LogP contribution in [-0.4, -0.2) is 5.11 Å². The summed E-state index contributed by atoms with van der Waals surface area (Å²) in [5.74, 6) is 0. The fourth-order valence-corrected chi connectivity index (χ4v) is 2.76. The summed E-state index contributed by atoms with van der Waals surface area (Å²) in [5.41, 5.74) is 3.43. The minimum Gasteiger partial charge on any atom is -0.384 e. The van der Waals surface area contributed by atoms with E-state index < -0.39 is 6.10 Å². The van der Waals surface area contributed by atoms with Crippen molar-refractivity contribution in [3.63, 3.8) is 0 Å². The Labute approximate surface area is 113 Å². The van der Waals surface area contributed by atoms with Crippen LogP contribution in [-0.2, 0) is 5.41 Å². The number of aliphatic hydroxyl groups is 1. The molecule has 2 aromatic rings. The van der Waals surface area contributed by atoms with Crippen molar-refractivity contribution in [2.45, 2.75) is 39.2 Å². The zero-order valence-electron chi connectivity index (χ0n) is 11.4. The van der Waals surface area contributed by atoms with Crippen molar-refractivity contribution in [1.82, 2.24) is 0 Å². The van der Waals surface area contributed by atoms with Gasteiger partial charge in [-0.2, -0.15) is 0 Å². The molecule has 0 amide bonds. The first kappa shape index (κ1) is 13.3. The summed E-state index contributed by atoms with van der Waals surface area (Å²) in [6.45, 7) is 8.64. The highest BCUT2D eigenvalue weighted by molar-refractivity contribution is 7.10. The number of rotatable bonds is 2. The fraction of sp³-hybridized carbons (Fsp3) is 0.375. The van der Waals surface area contributed by atoms with E-state index in [0.717, 1.165) is 11.1 Å². The first-order valence-corrected chi connectivity index (χ1v) is 7.10. The number of benzene rings is 1. The minimum atomic E-state index is -0.509. The highest BCUT2D eigenvalue weighted by atomic mass is 32.1. The molecule has 1 aromatic carbocycles. The van der Waals surface area contributed by atoms with E-state index in [4.69, 9.17) is 0 Å². The van der Waals surface area contributed by atoms with Crippen LogP contribution in [0.1, 0.15) is 48.4 Å². The van der Waals surface area contributed by atoms with Crippen LogP contribution in [0.5, 0.6) is 0 Å². The number of aliphatic hydroxyl groups excluding tert-OH is 1. The maximum Gasteiger partial charge on any atom is 0.105 e. The molecule has 2 rings (SSSR count). The van der Waals surface area contributed by atoms with E-state index in [1.165, 1.54) is 10.4 Å². The largest absolute Gasteiger partial charge is 0.384 e. The van der Waals surface area contributed by atoms with Crippen LogP contribution in [0.3, 0.4) is 0 Å². The molecule has 1 N–H and O–H groups in total. The normalized spacial score (nSPS) is 13.6. The maximum absolute atomic E-state index is 10.4. The van der Waals surface area contributed by atoms with E-state index in [9.17, 15) is 5.11 Å². The highest BCUT2D eigenvalue weighted by Crippen LogP contribution is 2.29. The third-order valence-corrected chi connectivity index (χ3v) is 4.15. The zero-order chi connectivity index (χ0) is 13.3. The molecular weight excluding hydrogens is 240 g/mol. The predicted molar refractivity (Wildman–Crippen MR) is 78.3 cm³/mol. The fourth-order valence-electron chi connectivity index (χ4n) is 2.02. The summed E-state index contributed by atoms with van der Waals surface area (Å²) in [6, 6.07) is 10.3. The lowest BCUT2D eigenvalue weighted by Gasteiger charge is -2.20. The Morgan fingerprint density at radius 3 is 2.11 bits per heavy atom. The first-order chi connectivity index (χ1) is 8.39. The first-order valence-electron chi connectivity index (χ1n) is 6.22. The van der Waals surface area contributed by atoms with Gasteiger partial charge in [0.15, 0.2) is 0 Å². The summed E-state index contributed by atoms with van der Waals surface area (Å²) < 4.78 is 0. The molecule has 0 saturated heterocycles. The van der Waals surface area contributed by atoms with Crippen molar-refractivity contribution >= 4 is 11.3 Å². The van der Waals surface area contributed by atoms with E-state index in [1.807, 2.05) is 30.5 Å². The summed E-state index contributed by atoms with van der Waals surface area (Å²) in [5, 5.41) is 12.4. The molecule has 18 heavy (non-hydrogen) atoms. The van der Waals surface area contributed by atoms with Gasteiger partial charge in [0.1, 0.15) is 6.10 Å². The van der Waals surface area contributed by atoms with Gasteiger partial charge in [-0.3, -0.25) is 0 Å². The summed E-state index contributed by atoms with van der Waals surface area (Å²) in [4.78, 5) is 1.18. The SMILES string of the molecule is Cc1sccc1C(O)c1ccc(C(C)(C)C)cc1. The van der Waals surface area contributed by atoms with Crippen molar-refractivity contribution in [3.8, 4) is 0 Å². The van der Waals surface area contributed by atoms with Crippen LogP contribution in [0.4, 0.5) is 0 Å². The second kappa shape index (κ2) is 4.87. The van der Waals surface area contributed by atoms with Crippen LogP contribution in [0.2, 0.25) is 0 Å². The summed E-state index contributed by atoms with van der Waals surface area (Å²) >= 11 is 1.67. The second-order valence-corrected chi connectivity index (χ2v) is 6.83. The molecule has 1 aromatic heterocycles. The number of hydrogen-bond donors (Lipinski definition) is 1. The molecule has 96 valence electrons. The Morgan fingerprint density at radius 1 is 1.06 bits per heavy atom. The Bertz CT molecular complexity index is 517. The molecule has 0 bridgehead atoms. The molecule has 1 heterocycles. The van der Waals surface area contributed by atoms with Crippen LogP contribution >= 0.6 is 11.3 Å². The Hall–Kier alpha value is -1.12. The third-order valence-electron chi connectivity index (χ3n) is 3.29. The average molecular weight is 260 g/mol. The molecule has 1 nitrogen and oxygen atoms in total. The van der Waals surface area contributed by atoms with E-state index in [2.05, 4.69) is 32.9 Å². The molecule has 1 atom stereocenters. The van der Waals surface area contributed by atoms with E-state index >= 15 is 0 Å². The van der Waals surface area contributed by atoms with Crippen molar-refractivity contribution < 1.29 is 5.11 Å². The molecule has 0 saturated carbocycles. The lowest BCUT2D eigenvalue weighted by Crippen LogP contribution is -2.11. The van der Waals surface area contributed by atoms with E-state index in [0.29, 0.717) is 0 Å². The molecule has 0 aliphatic carbocycles. The Morgan fingerprint density at radius 2 is 1.67 bits per heavy atom. The van der Waals surface area contributed by atoms with Gasteiger partial charge in [0.05, 0.1) is 0 Å². The van der Waals surface area contributed by atoms with Gasteiger partial charge in [0.2, 0.25) is 0 Å². The molecule has 2 heteroatoms. The van der Waals surface area contributed by atoms with Gasteiger partial charge >= 0.3 is 0 Å². The monoisotopic (exact) mass is 260 g/mol. The van der Waals surface area contributed by atoms with Crippen LogP contribution < -0.4 is 0 Å². The van der Waals surface area contributed by atoms with Crippen LogP contribution in [0.15, 0.2) is 35.7 Å². The third kappa shape index (κ3) is 2.65. The van der Waals surface area contributed by atoms with Gasteiger partial charge in [-0.15, -0.1) is 11.3 Å². The standard InChI is InChI=1S/C16H20OS/c1-11-14(9-10-18-11)15(17)12-5-7-13(8-6-12)16(2,3)4/h5-10,15,17H,1-4H3. The van der Waals surface area contributed by atoms with Crippen molar-refractivity contribution in [2.75, 3.05) is 0 Å². The molecule has 0 radical (unpaired) electrons. The van der Waals surface area contributed by atoms with Gasteiger partial charge in [-0.05, 0) is 40.5 Å². The van der Waals surface area contributed by atoms with Crippen LogP contribution in [0.25, 0.3) is 0 Å². The topological polar surface area (TPSA) is 20.2 Å². The second-order valence-electron chi connectivity index (χ2n) is 5.71. The van der Waals surface area contributed by atoms with Gasteiger partial charge in [0.25, 0.3) is 0 Å².